The second-order valence-electron chi connectivity index (χ2n) is 9.18. The van der Waals surface area contributed by atoms with Crippen LogP contribution in [-0.2, 0) is 20.9 Å². The number of hydrogen-bond acceptors (Lipinski definition) is 4. The third-order valence-corrected chi connectivity index (χ3v) is 6.19. The standard InChI is InChI=1S/C26H32N4O3/c1-16(2)24-13-21(28-18(4)31)14-25(33-24)19-8-7-9-20(12-19)29-26(32)15-30-17(3)27-22-10-5-6-11-23(22)30/h5-12,16,21,24-25H,13-15H2,1-4H3,(H,28,31)(H,29,32)/t21-,24-,25+/m1/s1. The van der Waals surface area contributed by atoms with Crippen molar-refractivity contribution in [2.75, 3.05) is 5.32 Å². The monoisotopic (exact) mass is 448 g/mol. The predicted octanol–water partition coefficient (Wildman–Crippen LogP) is 4.36. The lowest BCUT2D eigenvalue weighted by Gasteiger charge is -2.38. The summed E-state index contributed by atoms with van der Waals surface area (Å²) in [5, 5.41) is 6.08. The number of hydrogen-bond donors (Lipinski definition) is 2. The minimum atomic E-state index is -0.139. The van der Waals surface area contributed by atoms with Gasteiger partial charge in [-0.15, -0.1) is 0 Å². The number of amides is 2. The quantitative estimate of drug-likeness (QED) is 0.587. The van der Waals surface area contributed by atoms with E-state index in [-0.39, 0.29) is 36.6 Å². The number of anilines is 1. The second-order valence-corrected chi connectivity index (χ2v) is 9.18. The van der Waals surface area contributed by atoms with E-state index in [0.717, 1.165) is 34.5 Å². The number of para-hydroxylation sites is 2. The fraction of sp³-hybridized carbons (Fsp3) is 0.423. The number of ether oxygens (including phenoxy) is 1. The van der Waals surface area contributed by atoms with Crippen molar-refractivity contribution < 1.29 is 14.3 Å². The Kier molecular flexibility index (Phi) is 6.79. The normalized spacial score (nSPS) is 20.7. The van der Waals surface area contributed by atoms with Crippen LogP contribution in [0.4, 0.5) is 5.69 Å². The van der Waals surface area contributed by atoms with Gasteiger partial charge < -0.3 is 19.9 Å². The van der Waals surface area contributed by atoms with Crippen molar-refractivity contribution in [2.24, 2.45) is 5.92 Å². The molecule has 7 nitrogen and oxygen atoms in total. The summed E-state index contributed by atoms with van der Waals surface area (Å²) in [6.45, 7) is 7.92. The molecule has 2 N–H and O–H groups in total. The van der Waals surface area contributed by atoms with E-state index in [0.29, 0.717) is 12.3 Å². The van der Waals surface area contributed by atoms with Crippen LogP contribution < -0.4 is 10.6 Å². The van der Waals surface area contributed by atoms with Gasteiger partial charge in [-0.1, -0.05) is 38.1 Å². The molecule has 0 radical (unpaired) electrons. The Labute approximate surface area is 194 Å². The highest BCUT2D eigenvalue weighted by Gasteiger charge is 2.32. The number of carbonyl (C=O) groups is 2. The molecule has 3 atom stereocenters. The van der Waals surface area contributed by atoms with Crippen LogP contribution in [0.1, 0.15) is 51.1 Å². The van der Waals surface area contributed by atoms with Crippen LogP contribution in [0.5, 0.6) is 0 Å². The first kappa shape index (κ1) is 23.0. The van der Waals surface area contributed by atoms with Gasteiger partial charge in [0.25, 0.3) is 0 Å². The number of imidazole rings is 1. The average Bonchev–Trinajstić information content (AvgIpc) is 3.08. The predicted molar refractivity (Wildman–Crippen MR) is 129 cm³/mol. The zero-order valence-electron chi connectivity index (χ0n) is 19.7. The van der Waals surface area contributed by atoms with Gasteiger partial charge in [-0.3, -0.25) is 9.59 Å². The van der Waals surface area contributed by atoms with Crippen LogP contribution in [-0.4, -0.2) is 33.5 Å². The molecule has 0 spiro atoms. The molecule has 33 heavy (non-hydrogen) atoms. The maximum absolute atomic E-state index is 12.8. The van der Waals surface area contributed by atoms with Gasteiger partial charge in [0.05, 0.1) is 23.2 Å². The summed E-state index contributed by atoms with van der Waals surface area (Å²) in [4.78, 5) is 29.0. The van der Waals surface area contributed by atoms with Crippen LogP contribution in [0.15, 0.2) is 48.5 Å². The van der Waals surface area contributed by atoms with Gasteiger partial charge in [0.1, 0.15) is 12.4 Å². The van der Waals surface area contributed by atoms with Gasteiger partial charge in [-0.2, -0.15) is 0 Å². The Morgan fingerprint density at radius 3 is 2.70 bits per heavy atom. The zero-order chi connectivity index (χ0) is 23.5. The third kappa shape index (κ3) is 5.42. The summed E-state index contributed by atoms with van der Waals surface area (Å²) in [6.07, 6.45) is 1.44. The fourth-order valence-corrected chi connectivity index (χ4v) is 4.56. The molecule has 0 unspecified atom stereocenters. The lowest BCUT2D eigenvalue weighted by Crippen LogP contribution is -2.43. The van der Waals surface area contributed by atoms with E-state index in [4.69, 9.17) is 4.74 Å². The third-order valence-electron chi connectivity index (χ3n) is 6.19. The Morgan fingerprint density at radius 1 is 1.15 bits per heavy atom. The summed E-state index contributed by atoms with van der Waals surface area (Å²) >= 11 is 0. The lowest BCUT2D eigenvalue weighted by molar-refractivity contribution is -0.123. The van der Waals surface area contributed by atoms with Crippen LogP contribution >= 0.6 is 0 Å². The molecular formula is C26H32N4O3. The Morgan fingerprint density at radius 2 is 1.94 bits per heavy atom. The molecule has 2 amide bonds. The maximum Gasteiger partial charge on any atom is 0.244 e. The zero-order valence-corrected chi connectivity index (χ0v) is 19.7. The number of fused-ring (bicyclic) bond motifs is 1. The largest absolute Gasteiger partial charge is 0.370 e. The van der Waals surface area contributed by atoms with Gasteiger partial charge in [-0.25, -0.2) is 4.98 Å². The van der Waals surface area contributed by atoms with Gasteiger partial charge in [0.15, 0.2) is 0 Å². The number of rotatable bonds is 6. The van der Waals surface area contributed by atoms with Crippen LogP contribution in [0.25, 0.3) is 11.0 Å². The number of aromatic nitrogens is 2. The first-order chi connectivity index (χ1) is 15.8. The molecule has 1 fully saturated rings. The Hall–Kier alpha value is -3.19. The van der Waals surface area contributed by atoms with Crippen molar-refractivity contribution in [2.45, 2.75) is 65.3 Å². The molecule has 3 aromatic rings. The molecule has 1 aromatic heterocycles. The number of aryl methyl sites for hydroxylation is 1. The fourth-order valence-electron chi connectivity index (χ4n) is 4.56. The number of carbonyl (C=O) groups excluding carboxylic acids is 2. The Balaban J connectivity index is 1.48. The Bertz CT molecular complexity index is 1150. The van der Waals surface area contributed by atoms with Crippen molar-refractivity contribution in [1.82, 2.24) is 14.9 Å². The lowest BCUT2D eigenvalue weighted by atomic mass is 9.89. The molecule has 1 aliphatic rings. The molecule has 2 aromatic carbocycles. The summed E-state index contributed by atoms with van der Waals surface area (Å²) in [5.41, 5.74) is 3.55. The molecule has 7 heteroatoms. The van der Waals surface area contributed by atoms with Gasteiger partial charge >= 0.3 is 0 Å². The van der Waals surface area contributed by atoms with Crippen molar-refractivity contribution in [3.63, 3.8) is 0 Å². The summed E-state index contributed by atoms with van der Waals surface area (Å²) in [6, 6.07) is 15.7. The van der Waals surface area contributed by atoms with Crippen molar-refractivity contribution in [3.05, 3.63) is 59.9 Å². The van der Waals surface area contributed by atoms with Gasteiger partial charge in [-0.05, 0) is 55.5 Å². The highest BCUT2D eigenvalue weighted by molar-refractivity contribution is 5.91. The van der Waals surface area contributed by atoms with Crippen LogP contribution in [0.3, 0.4) is 0 Å². The molecule has 4 rings (SSSR count). The van der Waals surface area contributed by atoms with Crippen molar-refractivity contribution >= 4 is 28.5 Å². The second kappa shape index (κ2) is 9.75. The molecule has 174 valence electrons. The van der Waals surface area contributed by atoms with E-state index in [1.165, 1.54) is 0 Å². The topological polar surface area (TPSA) is 85.3 Å². The van der Waals surface area contributed by atoms with Gasteiger partial charge in [0.2, 0.25) is 11.8 Å². The first-order valence-corrected chi connectivity index (χ1v) is 11.5. The number of nitrogens with zero attached hydrogens (tertiary/aromatic N) is 2. The molecule has 1 saturated heterocycles. The number of benzene rings is 2. The molecule has 2 heterocycles. The van der Waals surface area contributed by atoms with Crippen LogP contribution in [0.2, 0.25) is 0 Å². The SMILES string of the molecule is CC(=O)N[C@H]1C[C@@H](c2cccc(NC(=O)Cn3c(C)nc4ccccc43)c2)O[C@@H](C(C)C)C1. The van der Waals surface area contributed by atoms with Crippen LogP contribution in [0, 0.1) is 12.8 Å². The highest BCUT2D eigenvalue weighted by atomic mass is 16.5. The summed E-state index contributed by atoms with van der Waals surface area (Å²) in [5.74, 6) is 1.02. The van der Waals surface area contributed by atoms with E-state index in [2.05, 4.69) is 29.5 Å². The minimum absolute atomic E-state index is 0.0218. The van der Waals surface area contributed by atoms with Crippen molar-refractivity contribution in [1.29, 1.82) is 0 Å². The minimum Gasteiger partial charge on any atom is -0.370 e. The molecule has 0 bridgehead atoms. The van der Waals surface area contributed by atoms with Gasteiger partial charge in [0, 0.05) is 18.7 Å². The molecule has 1 aliphatic heterocycles. The van der Waals surface area contributed by atoms with E-state index in [1.54, 1.807) is 6.92 Å². The highest BCUT2D eigenvalue weighted by Crippen LogP contribution is 2.35. The van der Waals surface area contributed by atoms with E-state index >= 15 is 0 Å². The molecule has 0 saturated carbocycles. The smallest absolute Gasteiger partial charge is 0.244 e. The van der Waals surface area contributed by atoms with E-state index in [1.807, 2.05) is 60.0 Å². The summed E-state index contributed by atoms with van der Waals surface area (Å²) in [7, 11) is 0. The number of nitrogens with one attached hydrogen (secondary N) is 2. The first-order valence-electron chi connectivity index (χ1n) is 11.5. The molecular weight excluding hydrogens is 416 g/mol. The van der Waals surface area contributed by atoms with E-state index in [9.17, 15) is 9.59 Å². The summed E-state index contributed by atoms with van der Waals surface area (Å²) < 4.78 is 8.30. The average molecular weight is 449 g/mol. The maximum atomic E-state index is 12.8. The van der Waals surface area contributed by atoms with Crippen molar-refractivity contribution in [3.8, 4) is 0 Å². The van der Waals surface area contributed by atoms with E-state index < -0.39 is 0 Å². The molecule has 0 aliphatic carbocycles.